The lowest BCUT2D eigenvalue weighted by Crippen LogP contribution is -2.30. The first kappa shape index (κ1) is 13.2. The van der Waals surface area contributed by atoms with Crippen molar-refractivity contribution in [2.75, 3.05) is 5.32 Å². The molecule has 3 atom stereocenters. The first-order valence-electron chi connectivity index (χ1n) is 6.14. The molecule has 1 heterocycles. The van der Waals surface area contributed by atoms with E-state index in [1.54, 1.807) is 6.20 Å². The molecule has 0 saturated heterocycles. The fourth-order valence-corrected chi connectivity index (χ4v) is 3.15. The summed E-state index contributed by atoms with van der Waals surface area (Å²) in [7, 11) is 0. The molecule has 1 aromatic heterocycles. The minimum Gasteiger partial charge on any atom is -0.366 e. The third-order valence-corrected chi connectivity index (χ3v) is 4.56. The zero-order valence-corrected chi connectivity index (χ0v) is 12.6. The van der Waals surface area contributed by atoms with Gasteiger partial charge in [0.1, 0.15) is 5.82 Å². The first-order valence-corrected chi connectivity index (χ1v) is 7.31. The van der Waals surface area contributed by atoms with E-state index in [9.17, 15) is 0 Å². The van der Waals surface area contributed by atoms with E-state index in [0.29, 0.717) is 11.1 Å². The second-order valence-electron chi connectivity index (χ2n) is 5.09. The summed E-state index contributed by atoms with van der Waals surface area (Å²) in [4.78, 5) is 4.33. The Morgan fingerprint density at radius 3 is 2.76 bits per heavy atom. The Morgan fingerprint density at radius 1 is 1.35 bits per heavy atom. The van der Waals surface area contributed by atoms with Gasteiger partial charge in [-0.1, -0.05) is 25.4 Å². The minimum absolute atomic E-state index is 0.533. The topological polar surface area (TPSA) is 24.9 Å². The SMILES string of the molecule is CC1CCC(Nc2ncc(Cl)cc2Br)CC1C. The van der Waals surface area contributed by atoms with Crippen molar-refractivity contribution in [1.29, 1.82) is 0 Å². The van der Waals surface area contributed by atoms with Gasteiger partial charge in [0.05, 0.1) is 9.50 Å². The van der Waals surface area contributed by atoms with E-state index in [-0.39, 0.29) is 0 Å². The van der Waals surface area contributed by atoms with Crippen LogP contribution in [0.1, 0.15) is 33.1 Å². The highest BCUT2D eigenvalue weighted by atomic mass is 79.9. The van der Waals surface area contributed by atoms with Gasteiger partial charge in [-0.3, -0.25) is 0 Å². The van der Waals surface area contributed by atoms with E-state index in [0.717, 1.165) is 22.1 Å². The summed E-state index contributed by atoms with van der Waals surface area (Å²) in [5.41, 5.74) is 0. The van der Waals surface area contributed by atoms with E-state index < -0.39 is 0 Å². The van der Waals surface area contributed by atoms with Crippen LogP contribution in [-0.2, 0) is 0 Å². The van der Waals surface area contributed by atoms with Gasteiger partial charge in [-0.25, -0.2) is 4.98 Å². The van der Waals surface area contributed by atoms with Crippen molar-refractivity contribution in [3.63, 3.8) is 0 Å². The predicted octanol–water partition coefficient (Wildman–Crippen LogP) is 4.73. The smallest absolute Gasteiger partial charge is 0.140 e. The Morgan fingerprint density at radius 2 is 2.12 bits per heavy atom. The zero-order valence-electron chi connectivity index (χ0n) is 10.2. The molecule has 2 rings (SSSR count). The van der Waals surface area contributed by atoms with E-state index in [2.05, 4.69) is 40.1 Å². The molecule has 2 nitrogen and oxygen atoms in total. The van der Waals surface area contributed by atoms with Crippen molar-refractivity contribution < 1.29 is 0 Å². The maximum Gasteiger partial charge on any atom is 0.140 e. The summed E-state index contributed by atoms with van der Waals surface area (Å²) < 4.78 is 0.941. The van der Waals surface area contributed by atoms with Crippen molar-refractivity contribution in [3.8, 4) is 0 Å². The molecule has 0 aliphatic heterocycles. The summed E-state index contributed by atoms with van der Waals surface area (Å²) in [5.74, 6) is 2.53. The molecule has 0 bridgehead atoms. The standard InChI is InChI=1S/C13H18BrClN2/c1-8-3-4-11(5-9(8)2)17-13-12(14)6-10(15)7-16-13/h6-9,11H,3-5H2,1-2H3,(H,16,17). The fourth-order valence-electron chi connectivity index (χ4n) is 2.39. The Hall–Kier alpha value is -0.280. The predicted molar refractivity (Wildman–Crippen MR) is 76.5 cm³/mol. The summed E-state index contributed by atoms with van der Waals surface area (Å²) in [6.45, 7) is 4.68. The lowest BCUT2D eigenvalue weighted by atomic mass is 9.79. The van der Waals surface area contributed by atoms with Crippen LogP contribution in [0.2, 0.25) is 5.02 Å². The van der Waals surface area contributed by atoms with Crippen LogP contribution < -0.4 is 5.32 Å². The molecule has 3 unspecified atom stereocenters. The summed E-state index contributed by atoms with van der Waals surface area (Å²) in [6.07, 6.45) is 5.42. The average molecular weight is 318 g/mol. The molecule has 1 aromatic rings. The van der Waals surface area contributed by atoms with Crippen LogP contribution in [-0.4, -0.2) is 11.0 Å². The van der Waals surface area contributed by atoms with Crippen LogP contribution in [0.15, 0.2) is 16.7 Å². The molecule has 94 valence electrons. The molecular weight excluding hydrogens is 300 g/mol. The quantitative estimate of drug-likeness (QED) is 0.852. The number of nitrogens with zero attached hydrogens (tertiary/aromatic N) is 1. The second kappa shape index (κ2) is 5.57. The maximum atomic E-state index is 5.88. The maximum absolute atomic E-state index is 5.88. The van der Waals surface area contributed by atoms with Crippen molar-refractivity contribution >= 4 is 33.3 Å². The van der Waals surface area contributed by atoms with Gasteiger partial charge >= 0.3 is 0 Å². The molecule has 1 fully saturated rings. The monoisotopic (exact) mass is 316 g/mol. The summed E-state index contributed by atoms with van der Waals surface area (Å²) in [5, 5.41) is 4.17. The minimum atomic E-state index is 0.533. The average Bonchev–Trinajstić information content (AvgIpc) is 2.27. The van der Waals surface area contributed by atoms with Gasteiger partial charge in [0.15, 0.2) is 0 Å². The number of pyridine rings is 1. The van der Waals surface area contributed by atoms with Crippen LogP contribution in [0.25, 0.3) is 0 Å². The van der Waals surface area contributed by atoms with Gasteiger partial charge in [0.25, 0.3) is 0 Å². The van der Waals surface area contributed by atoms with Gasteiger partial charge in [0, 0.05) is 12.2 Å². The lowest BCUT2D eigenvalue weighted by Gasteiger charge is -2.33. The number of rotatable bonds is 2. The Labute approximate surface area is 116 Å². The fraction of sp³-hybridized carbons (Fsp3) is 0.615. The van der Waals surface area contributed by atoms with Gasteiger partial charge < -0.3 is 5.32 Å². The number of aromatic nitrogens is 1. The number of halogens is 2. The van der Waals surface area contributed by atoms with Gasteiger partial charge in [-0.2, -0.15) is 0 Å². The molecule has 1 aliphatic rings. The van der Waals surface area contributed by atoms with E-state index in [1.165, 1.54) is 19.3 Å². The molecule has 1 aliphatic carbocycles. The highest BCUT2D eigenvalue weighted by molar-refractivity contribution is 9.10. The van der Waals surface area contributed by atoms with Crippen molar-refractivity contribution in [3.05, 3.63) is 21.8 Å². The number of anilines is 1. The van der Waals surface area contributed by atoms with Crippen molar-refractivity contribution in [1.82, 2.24) is 4.98 Å². The van der Waals surface area contributed by atoms with E-state index in [1.807, 2.05) is 6.07 Å². The summed E-state index contributed by atoms with van der Waals surface area (Å²) in [6, 6.07) is 2.41. The molecule has 0 amide bonds. The van der Waals surface area contributed by atoms with Gasteiger partial charge in [-0.05, 0) is 53.1 Å². The molecule has 1 N–H and O–H groups in total. The van der Waals surface area contributed by atoms with E-state index in [4.69, 9.17) is 11.6 Å². The Bertz CT molecular complexity index is 397. The van der Waals surface area contributed by atoms with E-state index >= 15 is 0 Å². The molecule has 4 heteroatoms. The zero-order chi connectivity index (χ0) is 12.4. The number of nitrogens with one attached hydrogen (secondary N) is 1. The van der Waals surface area contributed by atoms with Crippen molar-refractivity contribution in [2.45, 2.75) is 39.2 Å². The highest BCUT2D eigenvalue weighted by Crippen LogP contribution is 2.32. The normalized spacial score (nSPS) is 29.1. The van der Waals surface area contributed by atoms with Gasteiger partial charge in [0.2, 0.25) is 0 Å². The first-order chi connectivity index (χ1) is 8.06. The van der Waals surface area contributed by atoms with Crippen LogP contribution in [0.4, 0.5) is 5.82 Å². The molecule has 1 saturated carbocycles. The van der Waals surface area contributed by atoms with Crippen LogP contribution in [0.3, 0.4) is 0 Å². The highest BCUT2D eigenvalue weighted by Gasteiger charge is 2.24. The number of hydrogen-bond donors (Lipinski definition) is 1. The third kappa shape index (κ3) is 3.35. The largest absolute Gasteiger partial charge is 0.366 e. The third-order valence-electron chi connectivity index (χ3n) is 3.75. The lowest BCUT2D eigenvalue weighted by molar-refractivity contribution is 0.260. The second-order valence-corrected chi connectivity index (χ2v) is 6.38. The Balaban J connectivity index is 2.01. The summed E-state index contributed by atoms with van der Waals surface area (Å²) >= 11 is 9.37. The number of hydrogen-bond acceptors (Lipinski definition) is 2. The van der Waals surface area contributed by atoms with Crippen molar-refractivity contribution in [2.24, 2.45) is 11.8 Å². The molecule has 17 heavy (non-hydrogen) atoms. The van der Waals surface area contributed by atoms with Crippen LogP contribution in [0.5, 0.6) is 0 Å². The van der Waals surface area contributed by atoms with Crippen LogP contribution in [0, 0.1) is 11.8 Å². The molecular formula is C13H18BrClN2. The van der Waals surface area contributed by atoms with Gasteiger partial charge in [-0.15, -0.1) is 0 Å². The Kier molecular flexibility index (Phi) is 4.31. The molecule has 0 spiro atoms. The molecule has 0 aromatic carbocycles. The molecule has 0 radical (unpaired) electrons. The van der Waals surface area contributed by atoms with Crippen LogP contribution >= 0.6 is 27.5 Å².